The van der Waals surface area contributed by atoms with Gasteiger partial charge < -0.3 is 4.90 Å². The summed E-state index contributed by atoms with van der Waals surface area (Å²) in [6, 6.07) is 13.4. The molecule has 5 nitrogen and oxygen atoms in total. The molecule has 7 heteroatoms. The third kappa shape index (κ3) is 5.74. The Kier molecular flexibility index (Phi) is 7.66. The summed E-state index contributed by atoms with van der Waals surface area (Å²) in [5.41, 5.74) is 2.68. The molecule has 3 amide bonds. The number of nitrogens with zero attached hydrogens (tertiary/aromatic N) is 2. The van der Waals surface area contributed by atoms with Crippen LogP contribution in [0.3, 0.4) is 0 Å². The standard InChI is InChI=1S/C26H26BrClN2O3/c27-20-8-12-22(13-9-20)30-25(32)17-23(26(30)33)29(15-14-18-4-2-1-3-5-18)24(31)16-19-6-10-21(28)11-7-19/h4,6-13,23H,1-3,5,14-17H2. The van der Waals surface area contributed by atoms with Gasteiger partial charge in [0.1, 0.15) is 6.04 Å². The van der Waals surface area contributed by atoms with Crippen molar-refractivity contribution in [3.63, 3.8) is 0 Å². The zero-order chi connectivity index (χ0) is 23.4. The van der Waals surface area contributed by atoms with Gasteiger partial charge >= 0.3 is 0 Å². The Morgan fingerprint density at radius 1 is 1.06 bits per heavy atom. The molecule has 172 valence electrons. The fourth-order valence-electron chi connectivity index (χ4n) is 4.45. The van der Waals surface area contributed by atoms with Gasteiger partial charge in [-0.25, -0.2) is 4.90 Å². The lowest BCUT2D eigenvalue weighted by Gasteiger charge is -2.29. The molecule has 1 atom stereocenters. The van der Waals surface area contributed by atoms with Crippen LogP contribution in [0.5, 0.6) is 0 Å². The van der Waals surface area contributed by atoms with Gasteiger partial charge in [-0.05, 0) is 74.1 Å². The van der Waals surface area contributed by atoms with Crippen LogP contribution in [0.2, 0.25) is 5.02 Å². The van der Waals surface area contributed by atoms with Crippen molar-refractivity contribution in [2.45, 2.75) is 51.0 Å². The predicted octanol–water partition coefficient (Wildman–Crippen LogP) is 5.70. The highest BCUT2D eigenvalue weighted by Crippen LogP contribution is 2.29. The largest absolute Gasteiger partial charge is 0.329 e. The van der Waals surface area contributed by atoms with Crippen molar-refractivity contribution < 1.29 is 14.4 Å². The van der Waals surface area contributed by atoms with E-state index in [4.69, 9.17) is 11.6 Å². The van der Waals surface area contributed by atoms with E-state index in [1.165, 1.54) is 16.9 Å². The minimum Gasteiger partial charge on any atom is -0.329 e. The molecule has 33 heavy (non-hydrogen) atoms. The topological polar surface area (TPSA) is 57.7 Å². The summed E-state index contributed by atoms with van der Waals surface area (Å²) in [5.74, 6) is -0.782. The molecule has 4 rings (SSSR count). The van der Waals surface area contributed by atoms with E-state index in [2.05, 4.69) is 22.0 Å². The molecule has 1 saturated heterocycles. The van der Waals surface area contributed by atoms with Crippen LogP contribution in [0.4, 0.5) is 5.69 Å². The lowest BCUT2D eigenvalue weighted by Crippen LogP contribution is -2.46. The third-order valence-electron chi connectivity index (χ3n) is 6.23. The SMILES string of the molecule is O=C1CC(N(CCC2=CCCCC2)C(=O)Cc2ccc(Cl)cc2)C(=O)N1c1ccc(Br)cc1. The number of hydrogen-bond donors (Lipinski definition) is 0. The van der Waals surface area contributed by atoms with Crippen molar-refractivity contribution in [1.29, 1.82) is 0 Å². The number of hydrogen-bond acceptors (Lipinski definition) is 3. The average Bonchev–Trinajstić information content (AvgIpc) is 3.10. The lowest BCUT2D eigenvalue weighted by atomic mass is 9.96. The van der Waals surface area contributed by atoms with Gasteiger partial charge in [0, 0.05) is 16.0 Å². The molecular formula is C26H26BrClN2O3. The Hall–Kier alpha value is -2.44. The number of rotatable bonds is 7. The van der Waals surface area contributed by atoms with Gasteiger partial charge in [0.25, 0.3) is 5.91 Å². The van der Waals surface area contributed by atoms with Gasteiger partial charge in [-0.3, -0.25) is 14.4 Å². The van der Waals surface area contributed by atoms with E-state index in [9.17, 15) is 14.4 Å². The Labute approximate surface area is 207 Å². The Balaban J connectivity index is 1.56. The van der Waals surface area contributed by atoms with E-state index in [0.29, 0.717) is 17.3 Å². The summed E-state index contributed by atoms with van der Waals surface area (Å²) < 4.78 is 0.863. The fourth-order valence-corrected chi connectivity index (χ4v) is 4.84. The van der Waals surface area contributed by atoms with E-state index in [1.807, 2.05) is 12.1 Å². The van der Waals surface area contributed by atoms with Crippen LogP contribution < -0.4 is 4.90 Å². The van der Waals surface area contributed by atoms with Gasteiger partial charge in [-0.15, -0.1) is 0 Å². The molecule has 2 aromatic carbocycles. The smallest absolute Gasteiger partial charge is 0.257 e. The van der Waals surface area contributed by atoms with Gasteiger partial charge in [0.15, 0.2) is 0 Å². The molecule has 2 aromatic rings. The van der Waals surface area contributed by atoms with Crippen molar-refractivity contribution in [3.05, 3.63) is 75.2 Å². The number of allylic oxidation sites excluding steroid dienone is 1. The number of imide groups is 1. The van der Waals surface area contributed by atoms with Crippen molar-refractivity contribution in [1.82, 2.24) is 4.90 Å². The average molecular weight is 530 g/mol. The van der Waals surface area contributed by atoms with Crippen molar-refractivity contribution >= 4 is 50.9 Å². The zero-order valence-electron chi connectivity index (χ0n) is 18.3. The number of anilines is 1. The van der Waals surface area contributed by atoms with E-state index >= 15 is 0 Å². The molecule has 1 aliphatic heterocycles. The summed E-state index contributed by atoms with van der Waals surface area (Å²) in [7, 11) is 0. The molecule has 0 saturated carbocycles. The quantitative estimate of drug-likeness (QED) is 0.342. The maximum Gasteiger partial charge on any atom is 0.257 e. The van der Waals surface area contributed by atoms with E-state index in [1.54, 1.807) is 41.3 Å². The van der Waals surface area contributed by atoms with E-state index in [0.717, 1.165) is 35.7 Å². The van der Waals surface area contributed by atoms with Gasteiger partial charge in [0.05, 0.1) is 18.5 Å². The van der Waals surface area contributed by atoms with E-state index < -0.39 is 6.04 Å². The van der Waals surface area contributed by atoms with Crippen molar-refractivity contribution in [2.75, 3.05) is 11.4 Å². The highest BCUT2D eigenvalue weighted by Gasteiger charge is 2.44. The van der Waals surface area contributed by atoms with Crippen LogP contribution >= 0.6 is 27.5 Å². The first-order valence-corrected chi connectivity index (χ1v) is 12.4. The highest BCUT2D eigenvalue weighted by molar-refractivity contribution is 9.10. The Bertz CT molecular complexity index is 1070. The minimum atomic E-state index is -0.787. The second-order valence-corrected chi connectivity index (χ2v) is 9.86. The highest BCUT2D eigenvalue weighted by atomic mass is 79.9. The van der Waals surface area contributed by atoms with Crippen LogP contribution in [-0.2, 0) is 20.8 Å². The first-order valence-electron chi connectivity index (χ1n) is 11.3. The van der Waals surface area contributed by atoms with Crippen LogP contribution in [0.15, 0.2) is 64.7 Å². The maximum absolute atomic E-state index is 13.4. The number of amides is 3. The number of carbonyl (C=O) groups is 3. The van der Waals surface area contributed by atoms with Crippen molar-refractivity contribution in [2.24, 2.45) is 0 Å². The molecule has 1 unspecified atom stereocenters. The first-order chi connectivity index (χ1) is 15.9. The number of carbonyl (C=O) groups excluding carboxylic acids is 3. The predicted molar refractivity (Wildman–Crippen MR) is 133 cm³/mol. The fraction of sp³-hybridized carbons (Fsp3) is 0.346. The minimum absolute atomic E-state index is 0.000300. The number of halogens is 2. The monoisotopic (exact) mass is 528 g/mol. The Morgan fingerprint density at radius 2 is 1.79 bits per heavy atom. The van der Waals surface area contributed by atoms with Gasteiger partial charge in [-0.1, -0.05) is 51.3 Å². The summed E-state index contributed by atoms with van der Waals surface area (Å²) >= 11 is 9.35. The normalized spacial score (nSPS) is 18.4. The van der Waals surface area contributed by atoms with Crippen LogP contribution in [0.1, 0.15) is 44.1 Å². The third-order valence-corrected chi connectivity index (χ3v) is 7.01. The molecule has 0 aromatic heterocycles. The molecule has 0 spiro atoms. The van der Waals surface area contributed by atoms with Crippen molar-refractivity contribution in [3.8, 4) is 0 Å². The summed E-state index contributed by atoms with van der Waals surface area (Å²) in [4.78, 5) is 42.4. The zero-order valence-corrected chi connectivity index (χ0v) is 20.6. The van der Waals surface area contributed by atoms with Crippen LogP contribution in [-0.4, -0.2) is 35.2 Å². The van der Waals surface area contributed by atoms with Gasteiger partial charge in [0.2, 0.25) is 11.8 Å². The Morgan fingerprint density at radius 3 is 2.45 bits per heavy atom. The summed E-state index contributed by atoms with van der Waals surface area (Å²) in [6.07, 6.45) is 7.58. The van der Waals surface area contributed by atoms with Crippen LogP contribution in [0.25, 0.3) is 0 Å². The molecule has 0 bridgehead atoms. The molecule has 1 heterocycles. The maximum atomic E-state index is 13.4. The second-order valence-electron chi connectivity index (χ2n) is 8.51. The molecule has 0 radical (unpaired) electrons. The summed E-state index contributed by atoms with van der Waals surface area (Å²) in [6.45, 7) is 0.427. The van der Waals surface area contributed by atoms with Crippen LogP contribution in [0, 0.1) is 0 Å². The van der Waals surface area contributed by atoms with Gasteiger partial charge in [-0.2, -0.15) is 0 Å². The summed E-state index contributed by atoms with van der Waals surface area (Å²) in [5, 5.41) is 0.606. The second kappa shape index (κ2) is 10.7. The molecule has 0 N–H and O–H groups in total. The molecule has 1 fully saturated rings. The first kappa shape index (κ1) is 23.7. The molecule has 2 aliphatic rings. The van der Waals surface area contributed by atoms with E-state index in [-0.39, 0.29) is 30.6 Å². The molecule has 1 aliphatic carbocycles. The number of benzene rings is 2. The lowest BCUT2D eigenvalue weighted by molar-refractivity contribution is -0.137. The molecular weight excluding hydrogens is 504 g/mol.